The highest BCUT2D eigenvalue weighted by Gasteiger charge is 2.40. The van der Waals surface area contributed by atoms with Crippen molar-refractivity contribution in [2.75, 3.05) is 32.7 Å². The van der Waals surface area contributed by atoms with Gasteiger partial charge in [-0.1, -0.05) is 29.3 Å². The Morgan fingerprint density at radius 1 is 1.04 bits per heavy atom. The van der Waals surface area contributed by atoms with E-state index in [2.05, 4.69) is 0 Å². The highest BCUT2D eigenvalue weighted by Crippen LogP contribution is 2.25. The van der Waals surface area contributed by atoms with E-state index in [1.807, 2.05) is 36.9 Å². The number of alkyl halides is 3. The average Bonchev–Trinajstić information content (AvgIpc) is 2.45. The second kappa shape index (κ2) is 7.20. The minimum absolute atomic E-state index is 0.375. The highest BCUT2D eigenvalue weighted by atomic mass is 19.4. The van der Waals surface area contributed by atoms with Crippen LogP contribution in [-0.4, -0.2) is 59.8 Å². The number of aryl methyl sites for hydroxylation is 2. The molecule has 1 N–H and O–H groups in total. The third-order valence-corrected chi connectivity index (χ3v) is 4.49. The summed E-state index contributed by atoms with van der Waals surface area (Å²) in [5.41, 5.74) is 3.07. The number of β-amino-alcohol motifs (C(OH)–C–C–N with tert-alkyl or cyclic N) is 1. The molecule has 0 spiro atoms. The van der Waals surface area contributed by atoms with E-state index < -0.39 is 18.3 Å². The van der Waals surface area contributed by atoms with Crippen LogP contribution in [0.2, 0.25) is 0 Å². The summed E-state index contributed by atoms with van der Waals surface area (Å²) in [6.45, 7) is 7.48. The lowest BCUT2D eigenvalue weighted by Crippen LogP contribution is -2.54. The quantitative estimate of drug-likeness (QED) is 0.920. The van der Waals surface area contributed by atoms with E-state index in [4.69, 9.17) is 0 Å². The zero-order valence-corrected chi connectivity index (χ0v) is 13.9. The molecule has 3 nitrogen and oxygen atoms in total. The number of aliphatic hydroxyl groups is 1. The molecule has 0 saturated carbocycles. The molecule has 2 atom stereocenters. The Balaban J connectivity index is 1.89. The monoisotopic (exact) mass is 330 g/mol. The van der Waals surface area contributed by atoms with Gasteiger partial charge in [-0.05, 0) is 26.3 Å². The summed E-state index contributed by atoms with van der Waals surface area (Å²) < 4.78 is 38.2. The Kier molecular flexibility index (Phi) is 5.70. The van der Waals surface area contributed by atoms with Gasteiger partial charge >= 0.3 is 6.18 Å². The van der Waals surface area contributed by atoms with Gasteiger partial charge in [-0.3, -0.25) is 9.80 Å². The van der Waals surface area contributed by atoms with E-state index in [9.17, 15) is 18.3 Å². The van der Waals surface area contributed by atoms with Crippen molar-refractivity contribution in [1.82, 2.24) is 9.80 Å². The van der Waals surface area contributed by atoms with Crippen molar-refractivity contribution < 1.29 is 18.3 Å². The fourth-order valence-corrected chi connectivity index (χ4v) is 3.09. The molecule has 1 fully saturated rings. The maximum absolute atomic E-state index is 12.7. The first-order valence-corrected chi connectivity index (χ1v) is 7.96. The SMILES string of the molecule is Cc1cc(C)cc(C(O)CN2CCN(C(C)C(F)(F)F)CC2)c1. The minimum Gasteiger partial charge on any atom is -0.387 e. The van der Waals surface area contributed by atoms with Crippen LogP contribution in [0.4, 0.5) is 13.2 Å². The number of halogens is 3. The topological polar surface area (TPSA) is 26.7 Å². The smallest absolute Gasteiger partial charge is 0.387 e. The molecule has 2 rings (SSSR count). The number of rotatable bonds is 4. The largest absolute Gasteiger partial charge is 0.403 e. The fourth-order valence-electron chi connectivity index (χ4n) is 3.09. The molecule has 2 unspecified atom stereocenters. The molecule has 0 radical (unpaired) electrons. The van der Waals surface area contributed by atoms with E-state index >= 15 is 0 Å². The van der Waals surface area contributed by atoms with Gasteiger partial charge in [0.2, 0.25) is 0 Å². The summed E-state index contributed by atoms with van der Waals surface area (Å²) >= 11 is 0. The first-order valence-electron chi connectivity index (χ1n) is 7.96. The van der Waals surface area contributed by atoms with E-state index in [0.29, 0.717) is 32.7 Å². The Labute approximate surface area is 135 Å². The summed E-state index contributed by atoms with van der Waals surface area (Å²) in [4.78, 5) is 3.49. The Bertz CT molecular complexity index is 505. The lowest BCUT2D eigenvalue weighted by molar-refractivity contribution is -0.182. The van der Waals surface area contributed by atoms with Crippen LogP contribution in [0.3, 0.4) is 0 Å². The first-order chi connectivity index (χ1) is 10.7. The van der Waals surface area contributed by atoms with Gasteiger partial charge in [-0.15, -0.1) is 0 Å². The van der Waals surface area contributed by atoms with Gasteiger partial charge in [-0.25, -0.2) is 0 Å². The number of benzene rings is 1. The molecule has 1 heterocycles. The molecule has 6 heteroatoms. The van der Waals surface area contributed by atoms with E-state index in [0.717, 1.165) is 16.7 Å². The standard InChI is InChI=1S/C17H25F3N2O/c1-12-8-13(2)10-15(9-12)16(23)11-21-4-6-22(7-5-21)14(3)17(18,19)20/h8-10,14,16,23H,4-7,11H2,1-3H3. The molecule has 0 aliphatic carbocycles. The van der Waals surface area contributed by atoms with Crippen LogP contribution in [0.5, 0.6) is 0 Å². The predicted molar refractivity (Wildman–Crippen MR) is 84.4 cm³/mol. The number of aliphatic hydroxyl groups excluding tert-OH is 1. The van der Waals surface area contributed by atoms with E-state index in [1.165, 1.54) is 11.8 Å². The van der Waals surface area contributed by atoms with Crippen LogP contribution in [-0.2, 0) is 0 Å². The first kappa shape index (κ1) is 18.2. The summed E-state index contributed by atoms with van der Waals surface area (Å²) in [6, 6.07) is 4.56. The summed E-state index contributed by atoms with van der Waals surface area (Å²) in [7, 11) is 0. The summed E-state index contributed by atoms with van der Waals surface area (Å²) in [5.74, 6) is 0. The Morgan fingerprint density at radius 3 is 2.04 bits per heavy atom. The van der Waals surface area contributed by atoms with Gasteiger partial charge in [0.15, 0.2) is 0 Å². The molecule has 130 valence electrons. The predicted octanol–water partition coefficient (Wildman–Crippen LogP) is 2.91. The van der Waals surface area contributed by atoms with Crippen molar-refractivity contribution in [2.24, 2.45) is 0 Å². The van der Waals surface area contributed by atoms with Crippen LogP contribution >= 0.6 is 0 Å². The minimum atomic E-state index is -4.18. The normalized spacial score (nSPS) is 20.5. The molecule has 1 aliphatic rings. The Morgan fingerprint density at radius 2 is 1.57 bits per heavy atom. The average molecular weight is 330 g/mol. The molecule has 0 amide bonds. The fraction of sp³-hybridized carbons (Fsp3) is 0.647. The molecule has 1 aromatic carbocycles. The molecular formula is C17H25F3N2O. The van der Waals surface area contributed by atoms with Gasteiger partial charge in [-0.2, -0.15) is 13.2 Å². The molecular weight excluding hydrogens is 305 g/mol. The number of hydrogen-bond acceptors (Lipinski definition) is 3. The maximum Gasteiger partial charge on any atom is 0.403 e. The molecule has 1 aliphatic heterocycles. The zero-order chi connectivity index (χ0) is 17.2. The van der Waals surface area contributed by atoms with Crippen LogP contribution in [0.25, 0.3) is 0 Å². The molecule has 1 aromatic rings. The van der Waals surface area contributed by atoms with Gasteiger partial charge in [0.1, 0.15) is 6.04 Å². The van der Waals surface area contributed by atoms with Crippen molar-refractivity contribution >= 4 is 0 Å². The van der Waals surface area contributed by atoms with E-state index in [1.54, 1.807) is 0 Å². The zero-order valence-electron chi connectivity index (χ0n) is 13.9. The van der Waals surface area contributed by atoms with Crippen LogP contribution in [0.1, 0.15) is 29.7 Å². The van der Waals surface area contributed by atoms with Crippen molar-refractivity contribution in [2.45, 2.75) is 39.1 Å². The second-order valence-electron chi connectivity index (χ2n) is 6.49. The van der Waals surface area contributed by atoms with Crippen LogP contribution in [0, 0.1) is 13.8 Å². The molecule has 1 saturated heterocycles. The van der Waals surface area contributed by atoms with Gasteiger partial charge in [0, 0.05) is 32.7 Å². The lowest BCUT2D eigenvalue weighted by Gasteiger charge is -2.39. The van der Waals surface area contributed by atoms with Crippen LogP contribution in [0.15, 0.2) is 18.2 Å². The molecule has 0 aromatic heterocycles. The summed E-state index contributed by atoms with van der Waals surface area (Å²) in [5, 5.41) is 10.4. The number of piperazine rings is 1. The van der Waals surface area contributed by atoms with Crippen molar-refractivity contribution in [1.29, 1.82) is 0 Å². The van der Waals surface area contributed by atoms with Gasteiger partial charge in [0.05, 0.1) is 6.10 Å². The summed E-state index contributed by atoms with van der Waals surface area (Å²) in [6.07, 6.45) is -4.79. The lowest BCUT2D eigenvalue weighted by atomic mass is 10.0. The van der Waals surface area contributed by atoms with E-state index in [-0.39, 0.29) is 0 Å². The molecule has 0 bridgehead atoms. The van der Waals surface area contributed by atoms with Crippen molar-refractivity contribution in [3.05, 3.63) is 34.9 Å². The Hall–Kier alpha value is -1.11. The highest BCUT2D eigenvalue weighted by molar-refractivity contribution is 5.30. The number of nitrogens with zero attached hydrogens (tertiary/aromatic N) is 2. The third kappa shape index (κ3) is 4.93. The maximum atomic E-state index is 12.7. The third-order valence-electron chi connectivity index (χ3n) is 4.49. The van der Waals surface area contributed by atoms with Gasteiger partial charge < -0.3 is 5.11 Å². The van der Waals surface area contributed by atoms with Gasteiger partial charge in [0.25, 0.3) is 0 Å². The van der Waals surface area contributed by atoms with Crippen LogP contribution < -0.4 is 0 Å². The van der Waals surface area contributed by atoms with Crippen molar-refractivity contribution in [3.63, 3.8) is 0 Å². The molecule has 23 heavy (non-hydrogen) atoms. The second-order valence-corrected chi connectivity index (χ2v) is 6.49. The van der Waals surface area contributed by atoms with Crippen molar-refractivity contribution in [3.8, 4) is 0 Å². The number of hydrogen-bond donors (Lipinski definition) is 1.